The third-order valence-corrected chi connectivity index (χ3v) is 3.39. The molecule has 0 aromatic carbocycles. The SMILES string of the molecule is Cl.Cl.O=[N+]([O-])C1(CN2CCNCC2)Cn2ccnc2O1. The molecule has 0 spiro atoms. The van der Waals surface area contributed by atoms with Crippen molar-refractivity contribution < 1.29 is 9.66 Å². The molecule has 1 aromatic rings. The van der Waals surface area contributed by atoms with Crippen LogP contribution in [0.2, 0.25) is 0 Å². The summed E-state index contributed by atoms with van der Waals surface area (Å²) in [5.74, 6) is 0. The van der Waals surface area contributed by atoms with E-state index in [0.717, 1.165) is 26.2 Å². The summed E-state index contributed by atoms with van der Waals surface area (Å²) < 4.78 is 7.17. The van der Waals surface area contributed by atoms with Crippen LogP contribution >= 0.6 is 24.8 Å². The van der Waals surface area contributed by atoms with Gasteiger partial charge in [0.1, 0.15) is 13.1 Å². The zero-order valence-corrected chi connectivity index (χ0v) is 12.4. The highest BCUT2D eigenvalue weighted by molar-refractivity contribution is 5.85. The van der Waals surface area contributed by atoms with Crippen LogP contribution in [0, 0.1) is 10.1 Å². The van der Waals surface area contributed by atoms with Crippen LogP contribution in [0.15, 0.2) is 12.4 Å². The molecule has 0 aliphatic carbocycles. The van der Waals surface area contributed by atoms with E-state index in [9.17, 15) is 10.1 Å². The van der Waals surface area contributed by atoms with Crippen molar-refractivity contribution in [3.63, 3.8) is 0 Å². The summed E-state index contributed by atoms with van der Waals surface area (Å²) in [5.41, 5.74) is -1.39. The van der Waals surface area contributed by atoms with Crippen molar-refractivity contribution in [1.82, 2.24) is 19.8 Å². The molecule has 3 rings (SSSR count). The van der Waals surface area contributed by atoms with E-state index in [4.69, 9.17) is 4.74 Å². The van der Waals surface area contributed by atoms with Crippen LogP contribution in [0.3, 0.4) is 0 Å². The molecule has 3 heterocycles. The zero-order valence-electron chi connectivity index (χ0n) is 10.7. The second-order valence-electron chi connectivity index (χ2n) is 4.67. The van der Waals surface area contributed by atoms with Crippen LogP contribution in [0.25, 0.3) is 0 Å². The van der Waals surface area contributed by atoms with Gasteiger partial charge in [-0.3, -0.25) is 19.6 Å². The highest BCUT2D eigenvalue weighted by Gasteiger charge is 2.53. The smallest absolute Gasteiger partial charge is 0.392 e. The maximum Gasteiger partial charge on any atom is 0.395 e. The Labute approximate surface area is 128 Å². The number of ether oxygens (including phenoxy) is 1. The molecule has 20 heavy (non-hydrogen) atoms. The van der Waals surface area contributed by atoms with Gasteiger partial charge in [-0.2, -0.15) is 0 Å². The molecule has 0 bridgehead atoms. The van der Waals surface area contributed by atoms with Crippen LogP contribution < -0.4 is 10.1 Å². The fourth-order valence-electron chi connectivity index (χ4n) is 2.44. The second kappa shape index (κ2) is 6.57. The van der Waals surface area contributed by atoms with Crippen LogP contribution in [-0.4, -0.2) is 57.8 Å². The Hall–Kier alpha value is -1.09. The molecule has 2 aliphatic rings. The summed E-state index contributed by atoms with van der Waals surface area (Å²) in [6.07, 6.45) is 3.29. The Morgan fingerprint density at radius 2 is 2.15 bits per heavy atom. The second-order valence-corrected chi connectivity index (χ2v) is 4.67. The third-order valence-electron chi connectivity index (χ3n) is 3.39. The van der Waals surface area contributed by atoms with Crippen molar-refractivity contribution in [2.75, 3.05) is 32.7 Å². The normalized spacial score (nSPS) is 25.0. The number of halogens is 2. The van der Waals surface area contributed by atoms with Crippen LogP contribution in [0.5, 0.6) is 6.01 Å². The summed E-state index contributed by atoms with van der Waals surface area (Å²) in [5, 5.41) is 14.6. The van der Waals surface area contributed by atoms with E-state index in [0.29, 0.717) is 12.6 Å². The molecule has 2 aliphatic heterocycles. The average molecular weight is 326 g/mol. The van der Waals surface area contributed by atoms with Gasteiger partial charge in [0.2, 0.25) is 0 Å². The average Bonchev–Trinajstić information content (AvgIpc) is 2.89. The number of rotatable bonds is 3. The van der Waals surface area contributed by atoms with Crippen molar-refractivity contribution in [3.8, 4) is 6.01 Å². The van der Waals surface area contributed by atoms with E-state index in [-0.39, 0.29) is 36.3 Å². The number of fused-ring (bicyclic) bond motifs is 1. The van der Waals surface area contributed by atoms with E-state index in [1.807, 2.05) is 0 Å². The van der Waals surface area contributed by atoms with Crippen molar-refractivity contribution in [2.24, 2.45) is 0 Å². The monoisotopic (exact) mass is 325 g/mol. The quantitative estimate of drug-likeness (QED) is 0.621. The van der Waals surface area contributed by atoms with Crippen LogP contribution in [0.1, 0.15) is 0 Å². The van der Waals surface area contributed by atoms with Gasteiger partial charge in [0.15, 0.2) is 0 Å². The van der Waals surface area contributed by atoms with Gasteiger partial charge in [-0.15, -0.1) is 24.8 Å². The molecule has 10 heteroatoms. The highest BCUT2D eigenvalue weighted by atomic mass is 35.5. The third kappa shape index (κ3) is 2.98. The topological polar surface area (TPSA) is 85.5 Å². The van der Waals surface area contributed by atoms with Crippen molar-refractivity contribution in [2.45, 2.75) is 12.3 Å². The largest absolute Gasteiger partial charge is 0.395 e. The lowest BCUT2D eigenvalue weighted by Gasteiger charge is -2.30. The van der Waals surface area contributed by atoms with E-state index in [2.05, 4.69) is 15.2 Å². The van der Waals surface area contributed by atoms with Gasteiger partial charge in [0.25, 0.3) is 0 Å². The van der Waals surface area contributed by atoms with Gasteiger partial charge in [-0.05, 0) is 0 Å². The standard InChI is InChI=1S/C10H15N5O3.2ClH/c16-15(17)10(7-13-4-1-11-2-5-13)8-14-6-3-12-9(14)18-10;;/h3,6,11H,1-2,4-5,7-8H2;2*1H. The Kier molecular flexibility index (Phi) is 5.58. The summed E-state index contributed by atoms with van der Waals surface area (Å²) in [4.78, 5) is 17.1. The molecule has 8 nitrogen and oxygen atoms in total. The number of nitrogens with zero attached hydrogens (tertiary/aromatic N) is 4. The summed E-state index contributed by atoms with van der Waals surface area (Å²) in [6.45, 7) is 3.85. The molecule has 1 atom stereocenters. The number of aromatic nitrogens is 2. The number of hydrogen-bond acceptors (Lipinski definition) is 6. The van der Waals surface area contributed by atoms with Gasteiger partial charge in [-0.25, -0.2) is 4.98 Å². The molecule has 114 valence electrons. The maximum atomic E-state index is 11.4. The summed E-state index contributed by atoms with van der Waals surface area (Å²) >= 11 is 0. The Morgan fingerprint density at radius 1 is 1.45 bits per heavy atom. The fourth-order valence-corrected chi connectivity index (χ4v) is 2.44. The molecule has 1 N–H and O–H groups in total. The molecule has 1 fully saturated rings. The Bertz CT molecular complexity index is 443. The predicted octanol–water partition coefficient (Wildman–Crippen LogP) is -0.00270. The number of hydrogen-bond donors (Lipinski definition) is 1. The lowest BCUT2D eigenvalue weighted by atomic mass is 10.2. The predicted molar refractivity (Wildman–Crippen MR) is 76.4 cm³/mol. The molecule has 0 amide bonds. The molecular formula is C10H17Cl2N5O3. The number of imidazole rings is 1. The molecule has 1 unspecified atom stereocenters. The van der Waals surface area contributed by atoms with Crippen molar-refractivity contribution in [1.29, 1.82) is 0 Å². The van der Waals surface area contributed by atoms with Gasteiger partial charge in [0.05, 0.1) is 4.92 Å². The Balaban J connectivity index is 0.000001000. The fraction of sp³-hybridized carbons (Fsp3) is 0.700. The van der Waals surface area contributed by atoms with Crippen LogP contribution in [0.4, 0.5) is 0 Å². The molecular weight excluding hydrogens is 309 g/mol. The number of nitro groups is 1. The van der Waals surface area contributed by atoms with Crippen molar-refractivity contribution >= 4 is 24.8 Å². The van der Waals surface area contributed by atoms with Crippen LogP contribution in [-0.2, 0) is 6.54 Å². The first-order chi connectivity index (χ1) is 8.70. The molecule has 0 saturated carbocycles. The minimum absolute atomic E-state index is 0. The first kappa shape index (κ1) is 17.0. The number of piperazine rings is 1. The van der Waals surface area contributed by atoms with E-state index >= 15 is 0 Å². The van der Waals surface area contributed by atoms with Gasteiger partial charge in [0, 0.05) is 38.6 Å². The van der Waals surface area contributed by atoms with Crippen molar-refractivity contribution in [3.05, 3.63) is 22.5 Å². The van der Waals surface area contributed by atoms with E-state index in [1.54, 1.807) is 17.0 Å². The molecule has 0 radical (unpaired) electrons. The van der Waals surface area contributed by atoms with Gasteiger partial charge >= 0.3 is 11.7 Å². The lowest BCUT2D eigenvalue weighted by molar-refractivity contribution is -0.614. The minimum Gasteiger partial charge on any atom is -0.392 e. The van der Waals surface area contributed by atoms with E-state index < -0.39 is 5.72 Å². The first-order valence-electron chi connectivity index (χ1n) is 5.97. The van der Waals surface area contributed by atoms with Gasteiger partial charge < -0.3 is 10.1 Å². The zero-order chi connectivity index (χ0) is 12.6. The highest BCUT2D eigenvalue weighted by Crippen LogP contribution is 2.29. The maximum absolute atomic E-state index is 11.4. The molecule has 1 aromatic heterocycles. The summed E-state index contributed by atoms with van der Waals surface area (Å²) in [6, 6.07) is 0.335. The first-order valence-corrected chi connectivity index (χ1v) is 5.97. The number of nitrogens with one attached hydrogen (secondary N) is 1. The van der Waals surface area contributed by atoms with E-state index in [1.165, 1.54) is 0 Å². The summed E-state index contributed by atoms with van der Waals surface area (Å²) in [7, 11) is 0. The Morgan fingerprint density at radius 3 is 2.75 bits per heavy atom. The molecule has 1 saturated heterocycles. The lowest BCUT2D eigenvalue weighted by Crippen LogP contribution is -2.56. The van der Waals surface area contributed by atoms with Gasteiger partial charge in [-0.1, -0.05) is 0 Å². The minimum atomic E-state index is -1.39.